The Balaban J connectivity index is 0.992. The smallest absolute Gasteiger partial charge is 0.156 e. The lowest BCUT2D eigenvalue weighted by Crippen LogP contribution is -2.05. The van der Waals surface area contributed by atoms with Crippen molar-refractivity contribution in [1.29, 1.82) is 0 Å². The van der Waals surface area contributed by atoms with E-state index >= 15 is 0 Å². The molecule has 0 saturated heterocycles. The molecule has 310 valence electrons. The van der Waals surface area contributed by atoms with E-state index in [2.05, 4.69) is 221 Å². The third-order valence-corrected chi connectivity index (χ3v) is 13.9. The minimum Gasteiger partial charge on any atom is -0.456 e. The number of aromatic nitrogens is 2. The van der Waals surface area contributed by atoms with Gasteiger partial charge in [0.2, 0.25) is 0 Å². The van der Waals surface area contributed by atoms with E-state index in [1.165, 1.54) is 43.4 Å². The number of nitrogens with zero attached hydrogens (tertiary/aromatic N) is 4. The number of aliphatic imine (C=N–C) groups is 2. The van der Waals surface area contributed by atoms with Crippen LogP contribution in [0.2, 0.25) is 0 Å². The van der Waals surface area contributed by atoms with E-state index in [0.717, 1.165) is 96.2 Å². The van der Waals surface area contributed by atoms with Gasteiger partial charge in [-0.2, -0.15) is 0 Å². The molecule has 0 saturated carbocycles. The molecule has 1 atom stereocenters. The molecular weight excluding hydrogens is 805 g/mol. The normalized spacial score (nSPS) is 14.6. The highest BCUT2D eigenvalue weighted by Gasteiger charge is 2.26. The SMILES string of the molecule is c1ccc(-n2c3ccccc3c3cc(C4=NC(c5cccc6ccccc56)=NC(c5cc(-n6c7ccccc7c7cc8ccccc8cc76)cc6oc7ccccc7c56)CC4)ccc32)cc1. The molecule has 1 aliphatic rings. The van der Waals surface area contributed by atoms with Gasteiger partial charge in [-0.05, 0) is 106 Å². The summed E-state index contributed by atoms with van der Waals surface area (Å²) in [4.78, 5) is 11.4. The number of hydrogen-bond donors (Lipinski definition) is 0. The molecule has 4 heterocycles. The zero-order valence-corrected chi connectivity index (χ0v) is 35.9. The van der Waals surface area contributed by atoms with Crippen LogP contribution in [0.5, 0.6) is 0 Å². The van der Waals surface area contributed by atoms with Crippen LogP contribution in [0.25, 0.3) is 98.5 Å². The van der Waals surface area contributed by atoms with Gasteiger partial charge in [0, 0.05) is 49.6 Å². The topological polar surface area (TPSA) is 47.7 Å². The van der Waals surface area contributed by atoms with Gasteiger partial charge >= 0.3 is 0 Å². The summed E-state index contributed by atoms with van der Waals surface area (Å²) in [6, 6.07) is 76.2. The first-order valence-corrected chi connectivity index (χ1v) is 22.8. The second-order valence-corrected chi connectivity index (χ2v) is 17.6. The summed E-state index contributed by atoms with van der Waals surface area (Å²) in [5.74, 6) is 0.741. The highest BCUT2D eigenvalue weighted by atomic mass is 16.3. The van der Waals surface area contributed by atoms with E-state index in [9.17, 15) is 0 Å². The van der Waals surface area contributed by atoms with Crippen molar-refractivity contribution in [1.82, 2.24) is 9.13 Å². The summed E-state index contributed by atoms with van der Waals surface area (Å²) in [7, 11) is 0. The monoisotopic (exact) mass is 844 g/mol. The maximum absolute atomic E-state index is 6.83. The van der Waals surface area contributed by atoms with Crippen molar-refractivity contribution in [3.8, 4) is 11.4 Å². The van der Waals surface area contributed by atoms with Gasteiger partial charge in [0.25, 0.3) is 0 Å². The molecular formula is C61H40N4O. The lowest BCUT2D eigenvalue weighted by Gasteiger charge is -2.17. The number of fused-ring (bicyclic) bond motifs is 11. The van der Waals surface area contributed by atoms with Gasteiger partial charge in [0.15, 0.2) is 5.84 Å². The molecule has 66 heavy (non-hydrogen) atoms. The Kier molecular flexibility index (Phi) is 8.10. The van der Waals surface area contributed by atoms with Gasteiger partial charge in [0.05, 0.1) is 39.5 Å². The molecule has 0 fully saturated rings. The van der Waals surface area contributed by atoms with Crippen LogP contribution in [0.3, 0.4) is 0 Å². The van der Waals surface area contributed by atoms with Crippen LogP contribution in [0.4, 0.5) is 0 Å². The van der Waals surface area contributed by atoms with E-state index in [-0.39, 0.29) is 6.04 Å². The molecule has 5 heteroatoms. The maximum Gasteiger partial charge on any atom is 0.156 e. The van der Waals surface area contributed by atoms with Crippen LogP contribution < -0.4 is 0 Å². The van der Waals surface area contributed by atoms with Crippen molar-refractivity contribution < 1.29 is 4.42 Å². The van der Waals surface area contributed by atoms with Crippen molar-refractivity contribution in [3.63, 3.8) is 0 Å². The lowest BCUT2D eigenvalue weighted by atomic mass is 9.94. The maximum atomic E-state index is 6.83. The largest absolute Gasteiger partial charge is 0.456 e. The highest BCUT2D eigenvalue weighted by molar-refractivity contribution is 6.20. The highest BCUT2D eigenvalue weighted by Crippen LogP contribution is 2.43. The minimum absolute atomic E-state index is 0.235. The molecule has 0 radical (unpaired) electrons. The lowest BCUT2D eigenvalue weighted by molar-refractivity contribution is 0.663. The van der Waals surface area contributed by atoms with Crippen molar-refractivity contribution in [2.24, 2.45) is 9.98 Å². The fourth-order valence-electron chi connectivity index (χ4n) is 10.9. The first-order chi connectivity index (χ1) is 32.7. The summed E-state index contributed by atoms with van der Waals surface area (Å²) in [5, 5.41) is 11.8. The van der Waals surface area contributed by atoms with Crippen LogP contribution in [0.15, 0.2) is 227 Å². The molecule has 1 aliphatic heterocycles. The Morgan fingerprint density at radius 2 is 1.05 bits per heavy atom. The third kappa shape index (κ3) is 5.66. The Bertz CT molecular complexity index is 4180. The van der Waals surface area contributed by atoms with Gasteiger partial charge in [-0.15, -0.1) is 0 Å². The molecule has 1 unspecified atom stereocenters. The zero-order chi connectivity index (χ0) is 43.3. The fraction of sp³-hybridized carbons (Fsp3) is 0.0492. The summed E-state index contributed by atoms with van der Waals surface area (Å²) in [6.45, 7) is 0. The quantitative estimate of drug-likeness (QED) is 0.170. The second-order valence-electron chi connectivity index (χ2n) is 17.6. The van der Waals surface area contributed by atoms with E-state index in [1.54, 1.807) is 0 Å². The van der Waals surface area contributed by atoms with Gasteiger partial charge in [-0.3, -0.25) is 4.99 Å². The van der Waals surface area contributed by atoms with Crippen LogP contribution in [-0.4, -0.2) is 20.7 Å². The number of hydrogen-bond acceptors (Lipinski definition) is 3. The Hall–Kier alpha value is -8.54. The molecule has 0 spiro atoms. The summed E-state index contributed by atoms with van der Waals surface area (Å²) < 4.78 is 11.6. The molecule has 0 aliphatic carbocycles. The molecule has 13 aromatic rings. The molecule has 0 N–H and O–H groups in total. The van der Waals surface area contributed by atoms with Crippen LogP contribution >= 0.6 is 0 Å². The number of para-hydroxylation sites is 4. The first-order valence-electron chi connectivity index (χ1n) is 22.8. The summed E-state index contributed by atoms with van der Waals surface area (Å²) in [6.07, 6.45) is 1.49. The van der Waals surface area contributed by atoms with Crippen LogP contribution in [-0.2, 0) is 0 Å². The van der Waals surface area contributed by atoms with Gasteiger partial charge in [-0.25, -0.2) is 4.99 Å². The standard InChI is InChI=1S/C61H40N4O/c1-2-19-42(20-3-1)64-54-26-11-8-22-45(54)49-34-41(29-32-56(49)64)52-30-31-53(63-61(62-52)47-25-14-18-38-15-6-7-21-44(38)47)51-36-43(37-59-60(51)48-24-10-13-28-58(48)66-59)65-55-27-12-9-23-46(55)50-33-39-16-4-5-17-40(39)35-57(50)65/h1-29,32-37,53H,30-31H2. The van der Waals surface area contributed by atoms with Gasteiger partial charge in [0.1, 0.15) is 11.2 Å². The predicted octanol–water partition coefficient (Wildman–Crippen LogP) is 15.9. The molecule has 5 nitrogen and oxygen atoms in total. The fourth-order valence-corrected chi connectivity index (χ4v) is 10.9. The number of amidine groups is 1. The minimum atomic E-state index is -0.235. The molecule has 3 aromatic heterocycles. The molecule has 0 bridgehead atoms. The van der Waals surface area contributed by atoms with E-state index < -0.39 is 0 Å². The molecule has 14 rings (SSSR count). The van der Waals surface area contributed by atoms with E-state index in [1.807, 2.05) is 0 Å². The zero-order valence-electron chi connectivity index (χ0n) is 35.9. The number of rotatable bonds is 5. The number of benzene rings is 10. The Labute approximate surface area is 379 Å². The molecule has 10 aromatic carbocycles. The van der Waals surface area contributed by atoms with Crippen LogP contribution in [0.1, 0.15) is 35.6 Å². The molecule has 0 amide bonds. The van der Waals surface area contributed by atoms with Crippen molar-refractivity contribution >= 4 is 98.6 Å². The Morgan fingerprint density at radius 1 is 0.424 bits per heavy atom. The van der Waals surface area contributed by atoms with Crippen molar-refractivity contribution in [2.75, 3.05) is 0 Å². The average Bonchev–Trinajstić information content (AvgIpc) is 3.96. The summed E-state index contributed by atoms with van der Waals surface area (Å²) in [5.41, 5.74) is 12.9. The second kappa shape index (κ2) is 14.5. The number of furan rings is 1. The first kappa shape index (κ1) is 36.9. The third-order valence-electron chi connectivity index (χ3n) is 13.9. The van der Waals surface area contributed by atoms with Crippen LogP contribution in [0, 0.1) is 0 Å². The van der Waals surface area contributed by atoms with Crippen molar-refractivity contribution in [3.05, 3.63) is 229 Å². The van der Waals surface area contributed by atoms with Gasteiger partial charge < -0.3 is 13.6 Å². The van der Waals surface area contributed by atoms with Gasteiger partial charge in [-0.1, -0.05) is 146 Å². The predicted molar refractivity (Wildman–Crippen MR) is 275 cm³/mol. The Morgan fingerprint density at radius 3 is 1.85 bits per heavy atom. The average molecular weight is 845 g/mol. The van der Waals surface area contributed by atoms with E-state index in [4.69, 9.17) is 14.4 Å². The van der Waals surface area contributed by atoms with Crippen molar-refractivity contribution in [2.45, 2.75) is 18.9 Å². The van der Waals surface area contributed by atoms with E-state index in [0.29, 0.717) is 0 Å². The summed E-state index contributed by atoms with van der Waals surface area (Å²) >= 11 is 0.